The fraction of sp³-hybridized carbons (Fsp3) is 0.375. The highest BCUT2D eigenvalue weighted by atomic mass is 19.1. The number of hydrogen-bond acceptors (Lipinski definition) is 6. The van der Waals surface area contributed by atoms with Crippen molar-refractivity contribution in [3.8, 4) is 11.3 Å². The minimum Gasteiger partial charge on any atom is -0.378 e. The van der Waals surface area contributed by atoms with Gasteiger partial charge >= 0.3 is 0 Å². The maximum absolute atomic E-state index is 14.3. The molecule has 1 N–H and O–H groups in total. The Labute approximate surface area is 181 Å². The molecule has 2 aromatic heterocycles. The van der Waals surface area contributed by atoms with E-state index in [1.54, 1.807) is 12.3 Å². The third-order valence-corrected chi connectivity index (χ3v) is 6.38. The highest BCUT2D eigenvalue weighted by Gasteiger charge is 2.41. The smallest absolute Gasteiger partial charge is 0.148 e. The van der Waals surface area contributed by atoms with Gasteiger partial charge in [-0.15, -0.1) is 10.2 Å². The van der Waals surface area contributed by atoms with Gasteiger partial charge in [0.05, 0.1) is 24.6 Å². The first-order valence-corrected chi connectivity index (χ1v) is 10.9. The lowest BCUT2D eigenvalue weighted by molar-refractivity contribution is 0.122. The largest absolute Gasteiger partial charge is 0.378 e. The number of hydrogen-bond donors (Lipinski definition) is 1. The summed E-state index contributed by atoms with van der Waals surface area (Å²) in [4.78, 5) is 6.64. The first-order chi connectivity index (χ1) is 15.2. The number of aromatic nitrogens is 3. The number of morpholine rings is 1. The molecule has 1 saturated carbocycles. The summed E-state index contributed by atoms with van der Waals surface area (Å²) < 4.78 is 19.7. The zero-order valence-electron chi connectivity index (χ0n) is 17.4. The molecule has 0 unspecified atom stereocenters. The average Bonchev–Trinajstić information content (AvgIpc) is 2.81. The second-order valence-corrected chi connectivity index (χ2v) is 8.27. The average molecular weight is 420 g/mol. The van der Waals surface area contributed by atoms with E-state index >= 15 is 0 Å². The van der Waals surface area contributed by atoms with Crippen molar-refractivity contribution in [3.05, 3.63) is 66.2 Å². The summed E-state index contributed by atoms with van der Waals surface area (Å²) in [6.07, 6.45) is 4.60. The molecule has 7 heteroatoms. The summed E-state index contributed by atoms with van der Waals surface area (Å²) in [6.45, 7) is 3.99. The number of rotatable bonds is 6. The normalized spacial score (nSPS) is 17.8. The number of nitrogens with one attached hydrogen (secondary N) is 1. The molecule has 0 amide bonds. The van der Waals surface area contributed by atoms with Crippen LogP contribution < -0.4 is 10.2 Å². The summed E-state index contributed by atoms with van der Waals surface area (Å²) in [5.41, 5.74) is 3.35. The van der Waals surface area contributed by atoms with E-state index in [0.29, 0.717) is 18.1 Å². The van der Waals surface area contributed by atoms with Gasteiger partial charge in [0.2, 0.25) is 0 Å². The van der Waals surface area contributed by atoms with Crippen LogP contribution in [0.3, 0.4) is 0 Å². The van der Waals surface area contributed by atoms with E-state index < -0.39 is 0 Å². The lowest BCUT2D eigenvalue weighted by Crippen LogP contribution is -2.42. The minimum atomic E-state index is -0.263. The van der Waals surface area contributed by atoms with Crippen LogP contribution in [-0.4, -0.2) is 48.0 Å². The molecule has 0 atom stereocenters. The lowest BCUT2D eigenvalue weighted by Gasteiger charge is -2.41. The molecule has 1 aliphatic heterocycles. The molecule has 1 aromatic carbocycles. The first-order valence-electron chi connectivity index (χ1n) is 10.9. The van der Waals surface area contributed by atoms with Gasteiger partial charge in [-0.2, -0.15) is 0 Å². The summed E-state index contributed by atoms with van der Waals surface area (Å²) in [5.74, 6) is 0.460. The van der Waals surface area contributed by atoms with Crippen LogP contribution in [0.15, 0.2) is 54.7 Å². The first kappa shape index (κ1) is 19.9. The number of pyridine rings is 1. The van der Waals surface area contributed by atoms with E-state index in [1.165, 1.54) is 11.8 Å². The van der Waals surface area contributed by atoms with Gasteiger partial charge in [-0.05, 0) is 49.2 Å². The van der Waals surface area contributed by atoms with Crippen LogP contribution in [0.4, 0.5) is 15.9 Å². The molecule has 6 nitrogen and oxygen atoms in total. The van der Waals surface area contributed by atoms with E-state index in [0.717, 1.165) is 56.8 Å². The Morgan fingerprint density at radius 1 is 1.00 bits per heavy atom. The van der Waals surface area contributed by atoms with Crippen molar-refractivity contribution in [1.82, 2.24) is 15.2 Å². The maximum Gasteiger partial charge on any atom is 0.148 e. The van der Waals surface area contributed by atoms with E-state index in [4.69, 9.17) is 4.74 Å². The van der Waals surface area contributed by atoms with E-state index in [9.17, 15) is 4.39 Å². The van der Waals surface area contributed by atoms with Gasteiger partial charge in [-0.3, -0.25) is 4.98 Å². The van der Waals surface area contributed by atoms with E-state index in [1.807, 2.05) is 12.1 Å². The van der Waals surface area contributed by atoms with Gasteiger partial charge in [-0.1, -0.05) is 18.6 Å². The summed E-state index contributed by atoms with van der Waals surface area (Å²) in [7, 11) is 0. The number of ether oxygens (including phenoxy) is 1. The summed E-state index contributed by atoms with van der Waals surface area (Å²) >= 11 is 0. The predicted molar refractivity (Wildman–Crippen MR) is 119 cm³/mol. The van der Waals surface area contributed by atoms with E-state index in [-0.39, 0.29) is 11.2 Å². The monoisotopic (exact) mass is 419 g/mol. The zero-order chi connectivity index (χ0) is 21.1. The highest BCUT2D eigenvalue weighted by Crippen LogP contribution is 2.43. The quantitative estimate of drug-likeness (QED) is 0.650. The van der Waals surface area contributed by atoms with Gasteiger partial charge in [-0.25, -0.2) is 4.39 Å². The van der Waals surface area contributed by atoms with Gasteiger partial charge < -0.3 is 15.0 Å². The fourth-order valence-corrected chi connectivity index (χ4v) is 4.38. The second-order valence-electron chi connectivity index (χ2n) is 8.27. The maximum atomic E-state index is 14.3. The molecule has 0 bridgehead atoms. The summed E-state index contributed by atoms with van der Waals surface area (Å²) in [5, 5.41) is 12.1. The lowest BCUT2D eigenvalue weighted by atomic mass is 9.66. The van der Waals surface area contributed by atoms with Crippen molar-refractivity contribution >= 4 is 11.5 Å². The molecular weight excluding hydrogens is 393 g/mol. The van der Waals surface area contributed by atoms with Crippen LogP contribution in [0.25, 0.3) is 11.3 Å². The van der Waals surface area contributed by atoms with Crippen molar-refractivity contribution < 1.29 is 9.13 Å². The molecule has 0 spiro atoms. The zero-order valence-corrected chi connectivity index (χ0v) is 17.4. The van der Waals surface area contributed by atoms with Crippen molar-refractivity contribution in [2.75, 3.05) is 43.1 Å². The Bertz CT molecular complexity index is 1010. The molecule has 160 valence electrons. The number of halogens is 1. The standard InChI is InChI=1S/C24H26FN5O/c25-20-3-1-12-26-23(20)24(10-2-11-24)17-27-22-9-8-21(28-29-22)18-4-6-19(7-5-18)30-13-15-31-16-14-30/h1,3-9,12H,2,10-11,13-17H2,(H,27,29). The van der Waals surface area contributed by atoms with Crippen LogP contribution in [0.2, 0.25) is 0 Å². The van der Waals surface area contributed by atoms with Crippen LogP contribution >= 0.6 is 0 Å². The van der Waals surface area contributed by atoms with Gasteiger partial charge in [0, 0.05) is 42.5 Å². The highest BCUT2D eigenvalue weighted by molar-refractivity contribution is 5.63. The Hall–Kier alpha value is -3.06. The van der Waals surface area contributed by atoms with Gasteiger partial charge in [0.1, 0.15) is 11.6 Å². The minimum absolute atomic E-state index is 0.231. The van der Waals surface area contributed by atoms with Crippen molar-refractivity contribution in [2.24, 2.45) is 0 Å². The van der Waals surface area contributed by atoms with Gasteiger partial charge in [0.15, 0.2) is 0 Å². The Morgan fingerprint density at radius 3 is 2.45 bits per heavy atom. The SMILES string of the molecule is Fc1cccnc1C1(CNc2ccc(-c3ccc(N4CCOCC4)cc3)nn2)CCC1. The Balaban J connectivity index is 1.24. The fourth-order valence-electron chi connectivity index (χ4n) is 4.38. The number of nitrogens with zero attached hydrogens (tertiary/aromatic N) is 4. The van der Waals surface area contributed by atoms with Crippen LogP contribution in [0.5, 0.6) is 0 Å². The third-order valence-electron chi connectivity index (χ3n) is 6.38. The molecular formula is C24H26FN5O. The number of benzene rings is 1. The second kappa shape index (κ2) is 8.59. The van der Waals surface area contributed by atoms with Crippen LogP contribution in [0, 0.1) is 5.82 Å². The molecule has 3 aromatic rings. The Kier molecular flexibility index (Phi) is 5.51. The van der Waals surface area contributed by atoms with E-state index in [2.05, 4.69) is 49.7 Å². The molecule has 2 aliphatic rings. The van der Waals surface area contributed by atoms with Crippen molar-refractivity contribution in [1.29, 1.82) is 0 Å². The predicted octanol–water partition coefficient (Wildman–Crippen LogP) is 4.05. The van der Waals surface area contributed by atoms with Crippen LogP contribution in [0.1, 0.15) is 25.0 Å². The topological polar surface area (TPSA) is 63.2 Å². The molecule has 31 heavy (non-hydrogen) atoms. The van der Waals surface area contributed by atoms with Crippen LogP contribution in [-0.2, 0) is 10.2 Å². The molecule has 2 fully saturated rings. The Morgan fingerprint density at radius 2 is 1.81 bits per heavy atom. The molecule has 5 rings (SSSR count). The molecule has 0 radical (unpaired) electrons. The molecule has 1 saturated heterocycles. The summed E-state index contributed by atoms with van der Waals surface area (Å²) in [6, 6.07) is 15.4. The number of anilines is 2. The van der Waals surface area contributed by atoms with Crippen molar-refractivity contribution in [3.63, 3.8) is 0 Å². The molecule has 3 heterocycles. The molecule has 1 aliphatic carbocycles. The van der Waals surface area contributed by atoms with Crippen molar-refractivity contribution in [2.45, 2.75) is 24.7 Å². The van der Waals surface area contributed by atoms with Gasteiger partial charge in [0.25, 0.3) is 0 Å². The third kappa shape index (κ3) is 4.10.